The molecule has 112 valence electrons. The van der Waals surface area contributed by atoms with Crippen molar-refractivity contribution in [1.82, 2.24) is 25.2 Å². The quantitative estimate of drug-likeness (QED) is 0.767. The van der Waals surface area contributed by atoms with Gasteiger partial charge in [0.1, 0.15) is 12.1 Å². The number of rotatable bonds is 7. The highest BCUT2D eigenvalue weighted by Crippen LogP contribution is 2.05. The largest absolute Gasteiger partial charge is 0.338 e. The van der Waals surface area contributed by atoms with Gasteiger partial charge in [0.2, 0.25) is 0 Å². The average molecular weight is 287 g/mol. The van der Waals surface area contributed by atoms with E-state index in [9.17, 15) is 4.79 Å². The second-order valence-corrected chi connectivity index (χ2v) is 4.81. The second-order valence-electron chi connectivity index (χ2n) is 4.81. The molecule has 0 fully saturated rings. The van der Waals surface area contributed by atoms with Crippen LogP contribution in [0.25, 0.3) is 5.82 Å². The fourth-order valence-corrected chi connectivity index (χ4v) is 1.89. The zero-order valence-corrected chi connectivity index (χ0v) is 12.2. The molecule has 2 heterocycles. The van der Waals surface area contributed by atoms with Crippen LogP contribution in [-0.2, 0) is 6.54 Å². The van der Waals surface area contributed by atoms with Gasteiger partial charge in [0, 0.05) is 31.7 Å². The van der Waals surface area contributed by atoms with Gasteiger partial charge in [-0.25, -0.2) is 14.8 Å². The van der Waals surface area contributed by atoms with E-state index in [0.717, 1.165) is 37.2 Å². The van der Waals surface area contributed by atoms with Gasteiger partial charge < -0.3 is 10.6 Å². The minimum absolute atomic E-state index is 0.134. The van der Waals surface area contributed by atoms with Crippen LogP contribution in [0.5, 0.6) is 0 Å². The van der Waals surface area contributed by atoms with Gasteiger partial charge in [-0.2, -0.15) is 0 Å². The highest BCUT2D eigenvalue weighted by atomic mass is 16.2. The molecule has 0 aromatic carbocycles. The van der Waals surface area contributed by atoms with Crippen molar-refractivity contribution in [2.45, 2.75) is 32.7 Å². The Kier molecular flexibility index (Phi) is 5.75. The molecule has 2 rings (SSSR count). The van der Waals surface area contributed by atoms with E-state index in [2.05, 4.69) is 27.5 Å². The Bertz CT molecular complexity index is 536. The topological polar surface area (TPSA) is 71.8 Å². The fraction of sp³-hybridized carbons (Fsp3) is 0.400. The normalized spacial score (nSPS) is 10.3. The number of hydrogen-bond donors (Lipinski definition) is 2. The summed E-state index contributed by atoms with van der Waals surface area (Å²) in [5, 5.41) is 5.66. The molecule has 6 nitrogen and oxygen atoms in total. The van der Waals surface area contributed by atoms with Crippen molar-refractivity contribution in [3.63, 3.8) is 0 Å². The molecule has 2 N–H and O–H groups in total. The molecule has 0 saturated heterocycles. The van der Waals surface area contributed by atoms with E-state index in [1.54, 1.807) is 18.7 Å². The van der Waals surface area contributed by atoms with Gasteiger partial charge >= 0.3 is 6.03 Å². The number of imidazole rings is 1. The Balaban J connectivity index is 1.75. The lowest BCUT2D eigenvalue weighted by Crippen LogP contribution is -2.35. The number of hydrogen-bond acceptors (Lipinski definition) is 3. The third kappa shape index (κ3) is 4.91. The van der Waals surface area contributed by atoms with E-state index < -0.39 is 0 Å². The van der Waals surface area contributed by atoms with Crippen LogP contribution in [-0.4, -0.2) is 27.1 Å². The van der Waals surface area contributed by atoms with Crippen LogP contribution < -0.4 is 10.6 Å². The first-order valence-corrected chi connectivity index (χ1v) is 7.24. The smallest absolute Gasteiger partial charge is 0.315 e. The van der Waals surface area contributed by atoms with Crippen molar-refractivity contribution in [1.29, 1.82) is 0 Å². The molecule has 2 amide bonds. The number of carbonyl (C=O) groups is 1. The van der Waals surface area contributed by atoms with Gasteiger partial charge in [-0.1, -0.05) is 25.8 Å². The summed E-state index contributed by atoms with van der Waals surface area (Å²) in [6.45, 7) is 3.33. The minimum atomic E-state index is -0.134. The highest BCUT2D eigenvalue weighted by molar-refractivity contribution is 5.73. The van der Waals surface area contributed by atoms with Gasteiger partial charge in [0.15, 0.2) is 0 Å². The van der Waals surface area contributed by atoms with Crippen LogP contribution in [0.3, 0.4) is 0 Å². The number of pyridine rings is 1. The number of urea groups is 1. The molecule has 0 unspecified atom stereocenters. The van der Waals surface area contributed by atoms with Crippen LogP contribution in [0.15, 0.2) is 37.1 Å². The minimum Gasteiger partial charge on any atom is -0.338 e. The molecule has 0 bridgehead atoms. The fourth-order valence-electron chi connectivity index (χ4n) is 1.89. The number of nitrogens with zero attached hydrogens (tertiary/aromatic N) is 3. The van der Waals surface area contributed by atoms with Gasteiger partial charge in [-0.15, -0.1) is 0 Å². The monoisotopic (exact) mass is 287 g/mol. The van der Waals surface area contributed by atoms with Crippen molar-refractivity contribution in [2.75, 3.05) is 6.54 Å². The molecule has 0 aliphatic heterocycles. The Morgan fingerprint density at radius 3 is 2.86 bits per heavy atom. The summed E-state index contributed by atoms with van der Waals surface area (Å²) in [6, 6.07) is 3.71. The van der Waals surface area contributed by atoms with E-state index in [1.807, 2.05) is 22.9 Å². The van der Waals surface area contributed by atoms with Crippen molar-refractivity contribution < 1.29 is 4.79 Å². The maximum Gasteiger partial charge on any atom is 0.315 e. The standard InChI is InChI=1S/C15H21N5O/c1-2-3-4-7-17-15(21)19-11-13-5-6-14(18-10-13)20-9-8-16-12-20/h5-6,8-10,12H,2-4,7,11H2,1H3,(H2,17,19,21). The van der Waals surface area contributed by atoms with Crippen LogP contribution in [0, 0.1) is 0 Å². The molecule has 0 atom stereocenters. The van der Waals surface area contributed by atoms with Crippen LogP contribution >= 0.6 is 0 Å². The maximum atomic E-state index is 11.6. The summed E-state index contributed by atoms with van der Waals surface area (Å²) in [5.74, 6) is 0.806. The third-order valence-electron chi connectivity index (χ3n) is 3.10. The first kappa shape index (κ1) is 15.0. The Labute approximate surface area is 124 Å². The summed E-state index contributed by atoms with van der Waals surface area (Å²) < 4.78 is 1.83. The van der Waals surface area contributed by atoms with Crippen LogP contribution in [0.2, 0.25) is 0 Å². The lowest BCUT2D eigenvalue weighted by atomic mass is 10.2. The van der Waals surface area contributed by atoms with E-state index in [1.165, 1.54) is 0 Å². The number of unbranched alkanes of at least 4 members (excludes halogenated alkanes) is 2. The molecule has 0 aliphatic carbocycles. The van der Waals surface area contributed by atoms with E-state index >= 15 is 0 Å². The Morgan fingerprint density at radius 1 is 1.29 bits per heavy atom. The van der Waals surface area contributed by atoms with Gasteiger partial charge in [-0.3, -0.25) is 4.57 Å². The number of aromatic nitrogens is 3. The summed E-state index contributed by atoms with van der Waals surface area (Å²) in [4.78, 5) is 19.9. The molecule has 6 heteroatoms. The van der Waals surface area contributed by atoms with E-state index in [4.69, 9.17) is 0 Å². The molecule has 0 spiro atoms. The third-order valence-corrected chi connectivity index (χ3v) is 3.10. The van der Waals surface area contributed by atoms with Crippen molar-refractivity contribution >= 4 is 6.03 Å². The van der Waals surface area contributed by atoms with Gasteiger partial charge in [0.25, 0.3) is 0 Å². The zero-order chi connectivity index (χ0) is 14.9. The van der Waals surface area contributed by atoms with E-state index in [-0.39, 0.29) is 6.03 Å². The van der Waals surface area contributed by atoms with Crippen molar-refractivity contribution in [3.8, 4) is 5.82 Å². The molecule has 2 aromatic heterocycles. The highest BCUT2D eigenvalue weighted by Gasteiger charge is 2.01. The molecular formula is C15H21N5O. The molecule has 0 saturated carbocycles. The number of carbonyl (C=O) groups excluding carboxylic acids is 1. The summed E-state index contributed by atoms with van der Waals surface area (Å²) in [6.07, 6.45) is 10.3. The van der Waals surface area contributed by atoms with Gasteiger partial charge in [0.05, 0.1) is 0 Å². The summed E-state index contributed by atoms with van der Waals surface area (Å²) >= 11 is 0. The first-order chi connectivity index (χ1) is 10.3. The van der Waals surface area contributed by atoms with E-state index in [0.29, 0.717) is 6.54 Å². The molecule has 21 heavy (non-hydrogen) atoms. The predicted octanol–water partition coefficient (Wildman–Crippen LogP) is 2.26. The summed E-state index contributed by atoms with van der Waals surface area (Å²) in [7, 11) is 0. The second kappa shape index (κ2) is 8.04. The predicted molar refractivity (Wildman–Crippen MR) is 81.1 cm³/mol. The van der Waals surface area contributed by atoms with Crippen LogP contribution in [0.4, 0.5) is 4.79 Å². The SMILES string of the molecule is CCCCCNC(=O)NCc1ccc(-n2ccnc2)nc1. The number of nitrogens with one attached hydrogen (secondary N) is 2. The lowest BCUT2D eigenvalue weighted by Gasteiger charge is -2.08. The number of amides is 2. The van der Waals surface area contributed by atoms with Crippen molar-refractivity contribution in [3.05, 3.63) is 42.6 Å². The molecular weight excluding hydrogens is 266 g/mol. The van der Waals surface area contributed by atoms with Crippen LogP contribution in [0.1, 0.15) is 31.7 Å². The van der Waals surface area contributed by atoms with Crippen molar-refractivity contribution in [2.24, 2.45) is 0 Å². The average Bonchev–Trinajstić information content (AvgIpc) is 3.04. The molecule has 2 aromatic rings. The lowest BCUT2D eigenvalue weighted by molar-refractivity contribution is 0.240. The molecule has 0 aliphatic rings. The Hall–Kier alpha value is -2.37. The Morgan fingerprint density at radius 2 is 2.19 bits per heavy atom. The first-order valence-electron chi connectivity index (χ1n) is 7.24. The zero-order valence-electron chi connectivity index (χ0n) is 12.2. The molecule has 0 radical (unpaired) electrons. The summed E-state index contributed by atoms with van der Waals surface area (Å²) in [5.41, 5.74) is 0.961. The van der Waals surface area contributed by atoms with Gasteiger partial charge in [-0.05, 0) is 18.1 Å². The maximum absolute atomic E-state index is 11.6.